The van der Waals surface area contributed by atoms with E-state index >= 15 is 0 Å². The number of hydrogen-bond donors (Lipinski definition) is 3. The molecule has 1 heterocycles. The van der Waals surface area contributed by atoms with Gasteiger partial charge in [0, 0.05) is 18.5 Å². The summed E-state index contributed by atoms with van der Waals surface area (Å²) in [6.45, 7) is 2.79. The van der Waals surface area contributed by atoms with E-state index in [1.807, 2.05) is 13.0 Å². The second kappa shape index (κ2) is 8.73. The molecule has 1 aliphatic heterocycles. The summed E-state index contributed by atoms with van der Waals surface area (Å²) in [5.74, 6) is -0.212. The van der Waals surface area contributed by atoms with E-state index in [0.29, 0.717) is 5.69 Å². The van der Waals surface area contributed by atoms with Crippen molar-refractivity contribution in [3.05, 3.63) is 23.8 Å². The maximum absolute atomic E-state index is 12.0. The van der Waals surface area contributed by atoms with Crippen molar-refractivity contribution in [2.45, 2.75) is 25.8 Å². The molecule has 7 heteroatoms. The number of carbonyl (C=O) groups excluding carboxylic acids is 2. The van der Waals surface area contributed by atoms with Crippen molar-refractivity contribution in [1.29, 1.82) is 0 Å². The van der Waals surface area contributed by atoms with Gasteiger partial charge in [-0.15, -0.1) is 12.4 Å². The zero-order valence-corrected chi connectivity index (χ0v) is 13.6. The molecule has 1 fully saturated rings. The number of anilines is 2. The molecule has 1 atom stereocenters. The maximum atomic E-state index is 12.0. The second-order valence-electron chi connectivity index (χ2n) is 5.15. The predicted octanol–water partition coefficient (Wildman–Crippen LogP) is 1.69. The number of rotatable bonds is 5. The highest BCUT2D eigenvalue weighted by Crippen LogP contribution is 2.20. The molecule has 0 bridgehead atoms. The van der Waals surface area contributed by atoms with E-state index in [-0.39, 0.29) is 36.9 Å². The number of ether oxygens (including phenoxy) is 1. The first-order valence-electron chi connectivity index (χ1n) is 7.04. The van der Waals surface area contributed by atoms with Crippen molar-refractivity contribution in [3.8, 4) is 0 Å². The summed E-state index contributed by atoms with van der Waals surface area (Å²) in [6, 6.07) is 5.30. The molecule has 2 rings (SSSR count). The molecule has 1 aromatic rings. The first-order valence-corrected chi connectivity index (χ1v) is 7.04. The van der Waals surface area contributed by atoms with Crippen LogP contribution in [0.1, 0.15) is 18.4 Å². The lowest BCUT2D eigenvalue weighted by molar-refractivity contribution is -0.119. The van der Waals surface area contributed by atoms with Crippen LogP contribution in [0.3, 0.4) is 0 Å². The number of carbonyl (C=O) groups is 2. The Morgan fingerprint density at radius 1 is 1.36 bits per heavy atom. The number of halogens is 1. The fraction of sp³-hybridized carbons (Fsp3) is 0.467. The molecule has 2 amide bonds. The summed E-state index contributed by atoms with van der Waals surface area (Å²) in [4.78, 5) is 23.5. The van der Waals surface area contributed by atoms with Gasteiger partial charge in [-0.25, -0.2) is 0 Å². The standard InChI is InChI=1S/C15H21N3O3.ClH/c1-10-8-11(17-15(20)13-4-3-7-16-13)5-6-12(10)18-14(19)9-21-2;/h5-6,8,13,16H,3-4,7,9H2,1-2H3,(H,17,20)(H,18,19);1H. The van der Waals surface area contributed by atoms with Gasteiger partial charge < -0.3 is 20.7 Å². The Balaban J connectivity index is 0.00000242. The van der Waals surface area contributed by atoms with Gasteiger partial charge in [-0.2, -0.15) is 0 Å². The number of benzene rings is 1. The molecular formula is C15H22ClN3O3. The van der Waals surface area contributed by atoms with Gasteiger partial charge in [0.2, 0.25) is 11.8 Å². The van der Waals surface area contributed by atoms with E-state index in [2.05, 4.69) is 16.0 Å². The number of methoxy groups -OCH3 is 1. The monoisotopic (exact) mass is 327 g/mol. The largest absolute Gasteiger partial charge is 0.375 e. The number of hydrogen-bond acceptors (Lipinski definition) is 4. The molecule has 22 heavy (non-hydrogen) atoms. The van der Waals surface area contributed by atoms with Crippen LogP contribution in [0.25, 0.3) is 0 Å². The van der Waals surface area contributed by atoms with Crippen molar-refractivity contribution < 1.29 is 14.3 Å². The Kier molecular flexibility index (Phi) is 7.31. The SMILES string of the molecule is COCC(=O)Nc1ccc(NC(=O)C2CCCN2)cc1C.Cl. The minimum absolute atomic E-state index is 0. The average Bonchev–Trinajstić information content (AvgIpc) is 2.96. The first-order chi connectivity index (χ1) is 10.1. The Morgan fingerprint density at radius 2 is 2.14 bits per heavy atom. The molecule has 1 saturated heterocycles. The van der Waals surface area contributed by atoms with E-state index in [1.165, 1.54) is 7.11 Å². The van der Waals surface area contributed by atoms with Crippen molar-refractivity contribution >= 4 is 35.6 Å². The molecule has 0 saturated carbocycles. The highest BCUT2D eigenvalue weighted by Gasteiger charge is 2.21. The van der Waals surface area contributed by atoms with Crippen LogP contribution in [0, 0.1) is 6.92 Å². The van der Waals surface area contributed by atoms with E-state index in [9.17, 15) is 9.59 Å². The molecule has 1 aliphatic rings. The molecule has 3 N–H and O–H groups in total. The number of amides is 2. The Hall–Kier alpha value is -1.63. The molecular weight excluding hydrogens is 306 g/mol. The topological polar surface area (TPSA) is 79.5 Å². The van der Waals surface area contributed by atoms with Gasteiger partial charge in [0.1, 0.15) is 6.61 Å². The summed E-state index contributed by atoms with van der Waals surface area (Å²) in [5, 5.41) is 8.81. The van der Waals surface area contributed by atoms with Gasteiger partial charge in [0.25, 0.3) is 0 Å². The van der Waals surface area contributed by atoms with Crippen LogP contribution in [-0.2, 0) is 14.3 Å². The summed E-state index contributed by atoms with van der Waals surface area (Å²) in [6.07, 6.45) is 1.90. The van der Waals surface area contributed by atoms with Gasteiger partial charge in [-0.1, -0.05) is 0 Å². The Morgan fingerprint density at radius 3 is 2.73 bits per heavy atom. The van der Waals surface area contributed by atoms with Crippen LogP contribution in [0.5, 0.6) is 0 Å². The fourth-order valence-electron chi connectivity index (χ4n) is 2.34. The minimum atomic E-state index is -0.201. The van der Waals surface area contributed by atoms with Crippen LogP contribution in [0.2, 0.25) is 0 Å². The highest BCUT2D eigenvalue weighted by atomic mass is 35.5. The van der Waals surface area contributed by atoms with Crippen LogP contribution in [0.15, 0.2) is 18.2 Å². The lowest BCUT2D eigenvalue weighted by Gasteiger charge is -2.13. The van der Waals surface area contributed by atoms with Crippen LogP contribution in [-0.4, -0.2) is 38.1 Å². The van der Waals surface area contributed by atoms with Crippen molar-refractivity contribution in [2.75, 3.05) is 30.9 Å². The molecule has 0 spiro atoms. The second-order valence-corrected chi connectivity index (χ2v) is 5.15. The van der Waals surface area contributed by atoms with Gasteiger partial charge in [-0.05, 0) is 50.1 Å². The lowest BCUT2D eigenvalue weighted by atomic mass is 10.1. The molecule has 0 aromatic heterocycles. The molecule has 0 radical (unpaired) electrons. The summed E-state index contributed by atoms with van der Waals surface area (Å²) in [5.41, 5.74) is 2.33. The fourth-order valence-corrected chi connectivity index (χ4v) is 2.34. The van der Waals surface area contributed by atoms with E-state index in [4.69, 9.17) is 4.74 Å². The van der Waals surface area contributed by atoms with Crippen molar-refractivity contribution in [1.82, 2.24) is 5.32 Å². The van der Waals surface area contributed by atoms with Crippen molar-refractivity contribution in [2.24, 2.45) is 0 Å². The van der Waals surface area contributed by atoms with E-state index in [1.54, 1.807) is 12.1 Å². The third-order valence-corrected chi connectivity index (χ3v) is 3.42. The van der Waals surface area contributed by atoms with Gasteiger partial charge in [0.05, 0.1) is 6.04 Å². The summed E-state index contributed by atoms with van der Waals surface area (Å²) >= 11 is 0. The maximum Gasteiger partial charge on any atom is 0.250 e. The summed E-state index contributed by atoms with van der Waals surface area (Å²) in [7, 11) is 1.47. The lowest BCUT2D eigenvalue weighted by Crippen LogP contribution is -2.35. The van der Waals surface area contributed by atoms with Gasteiger partial charge in [0.15, 0.2) is 0 Å². The van der Waals surface area contributed by atoms with Crippen LogP contribution < -0.4 is 16.0 Å². The average molecular weight is 328 g/mol. The van der Waals surface area contributed by atoms with Gasteiger partial charge in [-0.3, -0.25) is 9.59 Å². The molecule has 122 valence electrons. The van der Waals surface area contributed by atoms with Crippen LogP contribution >= 0.6 is 12.4 Å². The smallest absolute Gasteiger partial charge is 0.250 e. The van der Waals surface area contributed by atoms with Crippen molar-refractivity contribution in [3.63, 3.8) is 0 Å². The molecule has 6 nitrogen and oxygen atoms in total. The Bertz CT molecular complexity index is 531. The van der Waals surface area contributed by atoms with E-state index < -0.39 is 0 Å². The third kappa shape index (κ3) is 4.98. The molecule has 1 unspecified atom stereocenters. The van der Waals surface area contributed by atoms with E-state index in [0.717, 1.165) is 30.6 Å². The zero-order valence-electron chi connectivity index (χ0n) is 12.8. The number of nitrogens with one attached hydrogen (secondary N) is 3. The quantitative estimate of drug-likeness (QED) is 0.769. The summed E-state index contributed by atoms with van der Waals surface area (Å²) < 4.78 is 4.77. The molecule has 1 aromatic carbocycles. The molecule has 0 aliphatic carbocycles. The Labute approximate surface area is 136 Å². The van der Waals surface area contributed by atoms with Crippen LogP contribution in [0.4, 0.5) is 11.4 Å². The minimum Gasteiger partial charge on any atom is -0.375 e. The van der Waals surface area contributed by atoms with Gasteiger partial charge >= 0.3 is 0 Å². The predicted molar refractivity (Wildman–Crippen MR) is 88.6 cm³/mol. The highest BCUT2D eigenvalue weighted by molar-refractivity contribution is 5.96. The first kappa shape index (κ1) is 18.4. The third-order valence-electron chi connectivity index (χ3n) is 3.42. The zero-order chi connectivity index (χ0) is 15.2. The normalized spacial score (nSPS) is 16.7. The number of aryl methyl sites for hydroxylation is 1.